The van der Waals surface area contributed by atoms with E-state index in [1.807, 2.05) is 6.07 Å². The SMILES string of the molecule is C1=CC2Oc3ccccc3C2c2nc(-n3c4ccccc4c4cc5c(cc43)c3ccccc3n5-c3ccccc3)sc21. The second kappa shape index (κ2) is 8.21. The largest absolute Gasteiger partial charge is 0.485 e. The van der Waals surface area contributed by atoms with Crippen molar-refractivity contribution < 1.29 is 4.74 Å². The molecule has 2 unspecified atom stereocenters. The molecular weight excluding hydrogens is 534 g/mol. The Hall–Kier alpha value is -5.13. The number of ether oxygens (including phenoxy) is 1. The molecule has 8 aromatic rings. The fraction of sp³-hybridized carbons (Fsp3) is 0.0541. The molecule has 3 aromatic heterocycles. The average Bonchev–Trinajstić information content (AvgIpc) is 3.79. The molecule has 0 bridgehead atoms. The number of rotatable bonds is 2. The number of hydrogen-bond acceptors (Lipinski definition) is 3. The Bertz CT molecular complexity index is 2410. The van der Waals surface area contributed by atoms with E-state index in [1.165, 1.54) is 59.7 Å². The van der Waals surface area contributed by atoms with Gasteiger partial charge in [-0.1, -0.05) is 84.1 Å². The van der Waals surface area contributed by atoms with Gasteiger partial charge in [0.1, 0.15) is 11.9 Å². The molecule has 0 spiro atoms. The molecule has 0 saturated heterocycles. The van der Waals surface area contributed by atoms with E-state index in [-0.39, 0.29) is 12.0 Å². The van der Waals surface area contributed by atoms with Gasteiger partial charge in [0.25, 0.3) is 0 Å². The van der Waals surface area contributed by atoms with Crippen LogP contribution in [0.2, 0.25) is 0 Å². The van der Waals surface area contributed by atoms with Crippen LogP contribution in [0.5, 0.6) is 5.75 Å². The highest BCUT2D eigenvalue weighted by Crippen LogP contribution is 2.48. The van der Waals surface area contributed by atoms with E-state index in [2.05, 4.69) is 130 Å². The first-order chi connectivity index (χ1) is 20.8. The lowest BCUT2D eigenvalue weighted by atomic mass is 9.88. The van der Waals surface area contributed by atoms with Crippen molar-refractivity contribution in [1.82, 2.24) is 14.1 Å². The molecule has 4 nitrogen and oxygen atoms in total. The van der Waals surface area contributed by atoms with Crippen molar-refractivity contribution in [2.45, 2.75) is 12.0 Å². The lowest BCUT2D eigenvalue weighted by Crippen LogP contribution is -2.20. The lowest BCUT2D eigenvalue weighted by Gasteiger charge is -2.18. The van der Waals surface area contributed by atoms with Crippen LogP contribution in [0, 0.1) is 0 Å². The van der Waals surface area contributed by atoms with Gasteiger partial charge in [-0.15, -0.1) is 0 Å². The summed E-state index contributed by atoms with van der Waals surface area (Å²) in [6.45, 7) is 0. The Morgan fingerprint density at radius 3 is 2.05 bits per heavy atom. The number of para-hydroxylation sites is 4. The summed E-state index contributed by atoms with van der Waals surface area (Å²) in [5, 5.41) is 5.95. The number of benzene rings is 5. The Kier molecular flexibility index (Phi) is 4.41. The molecule has 5 aromatic carbocycles. The normalized spacial score (nSPS) is 17.1. The Balaban J connectivity index is 1.27. The quantitative estimate of drug-likeness (QED) is 0.212. The Morgan fingerprint density at radius 1 is 0.619 bits per heavy atom. The van der Waals surface area contributed by atoms with E-state index in [9.17, 15) is 0 Å². The van der Waals surface area contributed by atoms with Gasteiger partial charge < -0.3 is 9.30 Å². The van der Waals surface area contributed by atoms with Gasteiger partial charge in [0.2, 0.25) is 0 Å². The summed E-state index contributed by atoms with van der Waals surface area (Å²) in [5.41, 5.74) is 8.27. The van der Waals surface area contributed by atoms with Crippen molar-refractivity contribution >= 4 is 61.0 Å². The number of aromatic nitrogens is 3. The van der Waals surface area contributed by atoms with E-state index < -0.39 is 0 Å². The van der Waals surface area contributed by atoms with Gasteiger partial charge in [-0.05, 0) is 54.6 Å². The second-order valence-electron chi connectivity index (χ2n) is 11.1. The molecule has 10 rings (SSSR count). The first-order valence-corrected chi connectivity index (χ1v) is 15.1. The smallest absolute Gasteiger partial charge is 0.195 e. The van der Waals surface area contributed by atoms with Crippen LogP contribution < -0.4 is 4.74 Å². The molecule has 0 saturated carbocycles. The minimum Gasteiger partial charge on any atom is -0.485 e. The van der Waals surface area contributed by atoms with Crippen LogP contribution in [0.15, 0.2) is 121 Å². The molecule has 0 amide bonds. The molecule has 0 radical (unpaired) electrons. The van der Waals surface area contributed by atoms with Crippen molar-refractivity contribution in [3.8, 4) is 16.6 Å². The molecule has 2 atom stereocenters. The van der Waals surface area contributed by atoms with Gasteiger partial charge in [0.15, 0.2) is 5.13 Å². The highest BCUT2D eigenvalue weighted by atomic mass is 32.1. The summed E-state index contributed by atoms with van der Waals surface area (Å²) in [6, 6.07) is 41.2. The number of hydrogen-bond donors (Lipinski definition) is 0. The van der Waals surface area contributed by atoms with Crippen LogP contribution in [-0.4, -0.2) is 20.2 Å². The van der Waals surface area contributed by atoms with E-state index in [1.54, 1.807) is 11.3 Å². The first kappa shape index (κ1) is 22.5. The van der Waals surface area contributed by atoms with Crippen molar-refractivity contribution in [3.63, 3.8) is 0 Å². The van der Waals surface area contributed by atoms with Gasteiger partial charge in [0, 0.05) is 32.8 Å². The zero-order chi connectivity index (χ0) is 27.4. The van der Waals surface area contributed by atoms with Crippen LogP contribution in [0.3, 0.4) is 0 Å². The summed E-state index contributed by atoms with van der Waals surface area (Å²) in [6.07, 6.45) is 4.39. The van der Waals surface area contributed by atoms with Crippen LogP contribution in [-0.2, 0) is 0 Å². The van der Waals surface area contributed by atoms with Crippen molar-refractivity contribution in [3.05, 3.63) is 137 Å². The lowest BCUT2D eigenvalue weighted by molar-refractivity contribution is 0.266. The van der Waals surface area contributed by atoms with Crippen molar-refractivity contribution in [2.24, 2.45) is 0 Å². The standard InChI is InChI=1S/C37H23N3OS/c1-2-10-22(11-3-1)39-28-15-7-4-12-23(28)26-21-31-27(20-30(26)39)24-13-5-8-16-29(24)40(31)37-38-36-34(42-37)19-18-33-35(36)25-14-6-9-17-32(25)41-33/h1-21,33,35H. The molecule has 1 aliphatic carbocycles. The summed E-state index contributed by atoms with van der Waals surface area (Å²) in [5.74, 6) is 1.09. The van der Waals surface area contributed by atoms with Crippen LogP contribution >= 0.6 is 11.3 Å². The predicted octanol–water partition coefficient (Wildman–Crippen LogP) is 9.26. The van der Waals surface area contributed by atoms with E-state index in [4.69, 9.17) is 9.72 Å². The second-order valence-corrected chi connectivity index (χ2v) is 12.1. The summed E-state index contributed by atoms with van der Waals surface area (Å²) in [4.78, 5) is 6.58. The molecule has 2 aliphatic rings. The zero-order valence-electron chi connectivity index (χ0n) is 22.4. The van der Waals surface area contributed by atoms with E-state index in [0.717, 1.165) is 16.6 Å². The first-order valence-electron chi connectivity index (χ1n) is 14.3. The predicted molar refractivity (Wildman–Crippen MR) is 173 cm³/mol. The summed E-state index contributed by atoms with van der Waals surface area (Å²) < 4.78 is 11.1. The Labute approximate surface area is 245 Å². The molecule has 4 heterocycles. The van der Waals surface area contributed by atoms with Crippen molar-refractivity contribution in [2.75, 3.05) is 0 Å². The number of fused-ring (bicyclic) bond motifs is 11. The molecule has 42 heavy (non-hydrogen) atoms. The topological polar surface area (TPSA) is 32.0 Å². The average molecular weight is 558 g/mol. The maximum absolute atomic E-state index is 6.30. The summed E-state index contributed by atoms with van der Waals surface area (Å²) in [7, 11) is 0. The third-order valence-electron chi connectivity index (χ3n) is 8.92. The maximum atomic E-state index is 6.30. The third kappa shape index (κ3) is 2.93. The monoisotopic (exact) mass is 557 g/mol. The molecule has 0 fully saturated rings. The third-order valence-corrected chi connectivity index (χ3v) is 9.94. The Morgan fingerprint density at radius 2 is 1.26 bits per heavy atom. The van der Waals surface area contributed by atoms with E-state index in [0.29, 0.717) is 0 Å². The molecule has 0 N–H and O–H groups in total. The minimum atomic E-state index is -0.00765. The molecular formula is C37H23N3OS. The number of nitrogens with zero attached hydrogens (tertiary/aromatic N) is 3. The maximum Gasteiger partial charge on any atom is 0.195 e. The van der Waals surface area contributed by atoms with Crippen LogP contribution in [0.25, 0.3) is 60.5 Å². The number of thiazole rings is 1. The zero-order valence-corrected chi connectivity index (χ0v) is 23.3. The molecule has 5 heteroatoms. The van der Waals surface area contributed by atoms with Gasteiger partial charge in [-0.3, -0.25) is 4.57 Å². The van der Waals surface area contributed by atoms with Gasteiger partial charge in [-0.2, -0.15) is 0 Å². The fourth-order valence-electron chi connectivity index (χ4n) is 7.13. The van der Waals surface area contributed by atoms with E-state index >= 15 is 0 Å². The highest BCUT2D eigenvalue weighted by molar-refractivity contribution is 7.15. The van der Waals surface area contributed by atoms with Gasteiger partial charge in [-0.25, -0.2) is 4.98 Å². The fourth-order valence-corrected chi connectivity index (χ4v) is 8.19. The van der Waals surface area contributed by atoms with Gasteiger partial charge in [0.05, 0.1) is 38.6 Å². The van der Waals surface area contributed by atoms with Crippen LogP contribution in [0.4, 0.5) is 0 Å². The van der Waals surface area contributed by atoms with Crippen LogP contribution in [0.1, 0.15) is 22.1 Å². The summed E-state index contributed by atoms with van der Waals surface area (Å²) >= 11 is 1.76. The minimum absolute atomic E-state index is 0.00765. The highest BCUT2D eigenvalue weighted by Gasteiger charge is 2.39. The van der Waals surface area contributed by atoms with Gasteiger partial charge >= 0.3 is 0 Å². The molecule has 198 valence electrons. The van der Waals surface area contributed by atoms with Crippen molar-refractivity contribution in [1.29, 1.82) is 0 Å². The molecule has 1 aliphatic heterocycles.